The molecule has 2 atom stereocenters. The van der Waals surface area contributed by atoms with Gasteiger partial charge in [-0.05, 0) is 32.1 Å². The lowest BCUT2D eigenvalue weighted by atomic mass is 9.96. The van der Waals surface area contributed by atoms with Gasteiger partial charge in [-0.2, -0.15) is 11.8 Å². The van der Waals surface area contributed by atoms with E-state index in [4.69, 9.17) is 4.74 Å². The van der Waals surface area contributed by atoms with Crippen LogP contribution in [0.3, 0.4) is 0 Å². The predicted molar refractivity (Wildman–Crippen MR) is 59.4 cm³/mol. The molecule has 1 N–H and O–H groups in total. The van der Waals surface area contributed by atoms with Crippen LogP contribution in [0.25, 0.3) is 0 Å². The number of methoxy groups -OCH3 is 1. The maximum Gasteiger partial charge on any atom is 0.0629 e. The van der Waals surface area contributed by atoms with Gasteiger partial charge >= 0.3 is 0 Å². The maximum atomic E-state index is 5.26. The van der Waals surface area contributed by atoms with E-state index < -0.39 is 0 Å². The van der Waals surface area contributed by atoms with Crippen molar-refractivity contribution in [2.24, 2.45) is 0 Å². The zero-order chi connectivity index (χ0) is 9.73. The molecule has 3 heteroatoms. The first kappa shape index (κ1) is 11.3. The monoisotopic (exact) mass is 203 g/mol. The zero-order valence-corrected chi connectivity index (χ0v) is 9.75. The minimum atomic E-state index is 0.395. The van der Waals surface area contributed by atoms with E-state index in [-0.39, 0.29) is 0 Å². The van der Waals surface area contributed by atoms with E-state index in [1.54, 1.807) is 7.11 Å². The van der Waals surface area contributed by atoms with E-state index in [1.165, 1.54) is 18.6 Å². The van der Waals surface area contributed by atoms with Crippen LogP contribution in [0.2, 0.25) is 0 Å². The Hall–Kier alpha value is 0.270. The van der Waals surface area contributed by atoms with E-state index in [0.717, 1.165) is 13.2 Å². The van der Waals surface area contributed by atoms with Crippen LogP contribution in [0, 0.1) is 0 Å². The molecule has 0 radical (unpaired) electrons. The van der Waals surface area contributed by atoms with Crippen molar-refractivity contribution in [2.75, 3.05) is 26.0 Å². The molecule has 1 fully saturated rings. The second kappa shape index (κ2) is 5.23. The first-order chi connectivity index (χ1) is 6.23. The van der Waals surface area contributed by atoms with Gasteiger partial charge in [0.15, 0.2) is 0 Å². The second-order valence-corrected chi connectivity index (χ2v) is 5.46. The molecule has 0 spiro atoms. The molecule has 0 amide bonds. The van der Waals surface area contributed by atoms with Gasteiger partial charge in [0.05, 0.1) is 6.61 Å². The third kappa shape index (κ3) is 2.86. The van der Waals surface area contributed by atoms with Crippen LogP contribution in [-0.4, -0.2) is 36.8 Å². The highest BCUT2D eigenvalue weighted by atomic mass is 32.2. The first-order valence-electron chi connectivity index (χ1n) is 5.09. The molecule has 0 saturated carbocycles. The lowest BCUT2D eigenvalue weighted by Gasteiger charge is -2.33. The number of ether oxygens (including phenoxy) is 1. The maximum absolute atomic E-state index is 5.26. The summed E-state index contributed by atoms with van der Waals surface area (Å²) in [6.07, 6.45) is 2.67. The van der Waals surface area contributed by atoms with Gasteiger partial charge in [0.25, 0.3) is 0 Å². The smallest absolute Gasteiger partial charge is 0.0629 e. The van der Waals surface area contributed by atoms with Gasteiger partial charge in [-0.15, -0.1) is 0 Å². The Morgan fingerprint density at radius 1 is 1.62 bits per heavy atom. The van der Waals surface area contributed by atoms with Crippen molar-refractivity contribution in [3.63, 3.8) is 0 Å². The highest BCUT2D eigenvalue weighted by Crippen LogP contribution is 2.40. The molecule has 0 aliphatic carbocycles. The van der Waals surface area contributed by atoms with Crippen LogP contribution < -0.4 is 5.32 Å². The Morgan fingerprint density at radius 3 is 2.85 bits per heavy atom. The second-order valence-electron chi connectivity index (χ2n) is 3.83. The van der Waals surface area contributed by atoms with Crippen LogP contribution in [0.15, 0.2) is 0 Å². The Bertz CT molecular complexity index is 140. The minimum absolute atomic E-state index is 0.395. The number of thioether (sulfide) groups is 1. The van der Waals surface area contributed by atoms with Crippen molar-refractivity contribution < 1.29 is 4.74 Å². The zero-order valence-electron chi connectivity index (χ0n) is 8.93. The first-order valence-corrected chi connectivity index (χ1v) is 6.08. The summed E-state index contributed by atoms with van der Waals surface area (Å²) in [7, 11) is 1.79. The quantitative estimate of drug-likeness (QED) is 0.737. The molecule has 0 bridgehead atoms. The van der Waals surface area contributed by atoms with Crippen molar-refractivity contribution in [2.45, 2.75) is 37.5 Å². The van der Waals surface area contributed by atoms with Crippen molar-refractivity contribution in [3.05, 3.63) is 0 Å². The van der Waals surface area contributed by atoms with Gasteiger partial charge in [0.1, 0.15) is 0 Å². The molecule has 13 heavy (non-hydrogen) atoms. The van der Waals surface area contributed by atoms with E-state index >= 15 is 0 Å². The molecule has 1 aliphatic heterocycles. The van der Waals surface area contributed by atoms with Gasteiger partial charge in [0.2, 0.25) is 0 Å². The fraction of sp³-hybridized carbons (Fsp3) is 1.00. The molecule has 0 aromatic carbocycles. The number of rotatable bonds is 5. The number of hydrogen-bond donors (Lipinski definition) is 1. The normalized spacial score (nSPS) is 30.7. The molecule has 1 saturated heterocycles. The lowest BCUT2D eigenvalue weighted by molar-refractivity contribution is 0.151. The summed E-state index contributed by atoms with van der Waals surface area (Å²) in [5, 5.41) is 3.52. The van der Waals surface area contributed by atoms with Crippen molar-refractivity contribution in [1.82, 2.24) is 5.32 Å². The van der Waals surface area contributed by atoms with E-state index in [2.05, 4.69) is 30.9 Å². The van der Waals surface area contributed by atoms with Gasteiger partial charge < -0.3 is 10.1 Å². The molecule has 2 unspecified atom stereocenters. The van der Waals surface area contributed by atoms with E-state index in [0.29, 0.717) is 10.8 Å². The summed E-state index contributed by atoms with van der Waals surface area (Å²) in [5.41, 5.74) is 0. The van der Waals surface area contributed by atoms with Gasteiger partial charge in [-0.25, -0.2) is 0 Å². The fourth-order valence-corrected chi connectivity index (χ4v) is 3.34. The molecule has 0 aromatic heterocycles. The molecule has 1 heterocycles. The topological polar surface area (TPSA) is 21.3 Å². The number of nitrogens with one attached hydrogen (secondary N) is 1. The Labute approximate surface area is 85.8 Å². The van der Waals surface area contributed by atoms with Gasteiger partial charge in [-0.1, -0.05) is 6.92 Å². The van der Waals surface area contributed by atoms with E-state index in [1.807, 2.05) is 0 Å². The summed E-state index contributed by atoms with van der Waals surface area (Å²) in [4.78, 5) is 0. The third-order valence-corrected chi connectivity index (χ3v) is 4.41. The summed E-state index contributed by atoms with van der Waals surface area (Å²) in [5.74, 6) is 1.31. The fourth-order valence-electron chi connectivity index (χ4n) is 1.94. The minimum Gasteiger partial charge on any atom is -0.383 e. The lowest BCUT2D eigenvalue weighted by Crippen LogP contribution is -2.48. The largest absolute Gasteiger partial charge is 0.383 e. The predicted octanol–water partition coefficient (Wildman–Crippen LogP) is 1.90. The van der Waals surface area contributed by atoms with Crippen LogP contribution >= 0.6 is 11.8 Å². The highest BCUT2D eigenvalue weighted by molar-refractivity contribution is 8.00. The van der Waals surface area contributed by atoms with Crippen LogP contribution in [0.4, 0.5) is 0 Å². The van der Waals surface area contributed by atoms with Crippen molar-refractivity contribution >= 4 is 11.8 Å². The molecule has 1 rings (SSSR count). The molecule has 2 nitrogen and oxygen atoms in total. The molecule has 0 aromatic rings. The van der Waals surface area contributed by atoms with Gasteiger partial charge in [0, 0.05) is 17.9 Å². The Morgan fingerprint density at radius 2 is 2.38 bits per heavy atom. The average molecular weight is 203 g/mol. The van der Waals surface area contributed by atoms with Crippen LogP contribution in [0.5, 0.6) is 0 Å². The molecular formula is C10H21NOS. The van der Waals surface area contributed by atoms with E-state index in [9.17, 15) is 0 Å². The summed E-state index contributed by atoms with van der Waals surface area (Å²) in [6.45, 7) is 6.38. The van der Waals surface area contributed by atoms with Crippen molar-refractivity contribution in [1.29, 1.82) is 0 Å². The Kier molecular flexibility index (Phi) is 4.56. The Balaban J connectivity index is 2.50. The van der Waals surface area contributed by atoms with Gasteiger partial charge in [-0.3, -0.25) is 0 Å². The molecule has 1 aliphatic rings. The highest BCUT2D eigenvalue weighted by Gasteiger charge is 2.37. The summed E-state index contributed by atoms with van der Waals surface area (Å²) in [6, 6.07) is 0.509. The SMILES string of the molecule is CCNC(COC)C1(C)CCCS1. The standard InChI is InChI=1S/C10H21NOS/c1-4-11-9(8-12-3)10(2)6-5-7-13-10/h9,11H,4-8H2,1-3H3. The van der Waals surface area contributed by atoms with Crippen LogP contribution in [-0.2, 0) is 4.74 Å². The molecular weight excluding hydrogens is 182 g/mol. The number of likely N-dealkylation sites (N-methyl/N-ethyl adjacent to an activating group) is 1. The summed E-state index contributed by atoms with van der Waals surface area (Å²) >= 11 is 2.09. The third-order valence-electron chi connectivity index (χ3n) is 2.77. The van der Waals surface area contributed by atoms with Crippen molar-refractivity contribution in [3.8, 4) is 0 Å². The average Bonchev–Trinajstić information content (AvgIpc) is 2.53. The summed E-state index contributed by atoms with van der Waals surface area (Å²) < 4.78 is 5.65. The van der Waals surface area contributed by atoms with Crippen LogP contribution in [0.1, 0.15) is 26.7 Å². The number of hydrogen-bond acceptors (Lipinski definition) is 3. The molecule has 78 valence electrons.